The Morgan fingerprint density at radius 1 is 1.29 bits per heavy atom. The van der Waals surface area contributed by atoms with Crippen molar-refractivity contribution in [1.82, 2.24) is 10.2 Å². The molecule has 132 valence electrons. The van der Waals surface area contributed by atoms with Gasteiger partial charge in [-0.25, -0.2) is 0 Å². The highest BCUT2D eigenvalue weighted by atomic mass is 16.2. The molecule has 1 aliphatic rings. The van der Waals surface area contributed by atoms with Gasteiger partial charge in [0.15, 0.2) is 0 Å². The maximum atomic E-state index is 12.3. The van der Waals surface area contributed by atoms with Gasteiger partial charge in [0.25, 0.3) is 0 Å². The van der Waals surface area contributed by atoms with E-state index in [0.717, 1.165) is 36.3 Å². The first-order chi connectivity index (χ1) is 11.4. The number of benzene rings is 1. The molecule has 0 spiro atoms. The van der Waals surface area contributed by atoms with Gasteiger partial charge in [0.1, 0.15) is 0 Å². The number of hydrogen-bond donors (Lipinski definition) is 2. The largest absolute Gasteiger partial charge is 0.346 e. The van der Waals surface area contributed by atoms with Gasteiger partial charge in [-0.2, -0.15) is 0 Å². The molecule has 0 aromatic heterocycles. The van der Waals surface area contributed by atoms with E-state index in [-0.39, 0.29) is 24.4 Å². The molecule has 0 bridgehead atoms. The predicted molar refractivity (Wildman–Crippen MR) is 97.0 cm³/mol. The first kappa shape index (κ1) is 18.5. The van der Waals surface area contributed by atoms with Crippen LogP contribution in [-0.4, -0.2) is 42.4 Å². The van der Waals surface area contributed by atoms with Crippen molar-refractivity contribution in [2.75, 3.05) is 25.0 Å². The Bertz CT molecular complexity index is 580. The number of para-hydroxylation sites is 1. The maximum absolute atomic E-state index is 12.3. The van der Waals surface area contributed by atoms with E-state index >= 15 is 0 Å². The van der Waals surface area contributed by atoms with Gasteiger partial charge in [-0.3, -0.25) is 14.5 Å². The third kappa shape index (κ3) is 4.81. The Hall–Kier alpha value is -1.88. The zero-order chi connectivity index (χ0) is 17.7. The standard InChI is InChI=1S/C19H29N3O2/c1-13-7-6-10-22(12-13)16(4)19(24)20-11-17(23)21-18-14(2)8-5-9-15(18)3/h5,8-9,13,16H,6-7,10-12H2,1-4H3,(H,20,24)(H,21,23)/t13-,16+/m1/s1. The van der Waals surface area contributed by atoms with Crippen LogP contribution in [0, 0.1) is 19.8 Å². The molecule has 5 nitrogen and oxygen atoms in total. The minimum atomic E-state index is -0.194. The molecule has 0 unspecified atom stereocenters. The average Bonchev–Trinajstić information content (AvgIpc) is 2.55. The molecule has 24 heavy (non-hydrogen) atoms. The van der Waals surface area contributed by atoms with Gasteiger partial charge in [-0.1, -0.05) is 25.1 Å². The Morgan fingerprint density at radius 2 is 1.96 bits per heavy atom. The van der Waals surface area contributed by atoms with Crippen LogP contribution in [0.1, 0.15) is 37.8 Å². The van der Waals surface area contributed by atoms with E-state index in [4.69, 9.17) is 0 Å². The molecule has 0 radical (unpaired) electrons. The minimum Gasteiger partial charge on any atom is -0.346 e. The highest BCUT2D eigenvalue weighted by Crippen LogP contribution is 2.19. The van der Waals surface area contributed by atoms with Crippen LogP contribution >= 0.6 is 0 Å². The van der Waals surface area contributed by atoms with E-state index < -0.39 is 0 Å². The molecule has 2 atom stereocenters. The Morgan fingerprint density at radius 3 is 2.58 bits per heavy atom. The molecule has 0 saturated carbocycles. The Kier molecular flexibility index (Phi) is 6.37. The van der Waals surface area contributed by atoms with Gasteiger partial charge >= 0.3 is 0 Å². The van der Waals surface area contributed by atoms with E-state index in [1.165, 1.54) is 6.42 Å². The predicted octanol–water partition coefficient (Wildman–Crippen LogP) is 2.48. The van der Waals surface area contributed by atoms with E-state index in [1.54, 1.807) is 0 Å². The lowest BCUT2D eigenvalue weighted by atomic mass is 9.99. The molecule has 1 heterocycles. The van der Waals surface area contributed by atoms with E-state index in [9.17, 15) is 9.59 Å². The Labute approximate surface area is 144 Å². The lowest BCUT2D eigenvalue weighted by molar-refractivity contribution is -0.128. The number of likely N-dealkylation sites (tertiary alicyclic amines) is 1. The fraction of sp³-hybridized carbons (Fsp3) is 0.579. The number of nitrogens with zero attached hydrogens (tertiary/aromatic N) is 1. The zero-order valence-electron chi connectivity index (χ0n) is 15.2. The summed E-state index contributed by atoms with van der Waals surface area (Å²) >= 11 is 0. The van der Waals surface area contributed by atoms with Crippen LogP contribution in [-0.2, 0) is 9.59 Å². The van der Waals surface area contributed by atoms with Crippen LogP contribution in [0.3, 0.4) is 0 Å². The summed E-state index contributed by atoms with van der Waals surface area (Å²) in [5.41, 5.74) is 2.87. The lowest BCUT2D eigenvalue weighted by Gasteiger charge is -2.34. The highest BCUT2D eigenvalue weighted by Gasteiger charge is 2.25. The van der Waals surface area contributed by atoms with Crippen LogP contribution in [0.25, 0.3) is 0 Å². The lowest BCUT2D eigenvalue weighted by Crippen LogP contribution is -2.49. The molecular formula is C19H29N3O2. The second-order valence-corrected chi connectivity index (χ2v) is 6.95. The first-order valence-corrected chi connectivity index (χ1v) is 8.76. The minimum absolute atomic E-state index is 0.000338. The number of aryl methyl sites for hydroxylation is 2. The number of hydrogen-bond acceptors (Lipinski definition) is 3. The molecule has 1 aliphatic heterocycles. The van der Waals surface area contributed by atoms with Gasteiger partial charge in [-0.15, -0.1) is 0 Å². The molecule has 5 heteroatoms. The van der Waals surface area contributed by atoms with Crippen molar-refractivity contribution >= 4 is 17.5 Å². The van der Waals surface area contributed by atoms with Crippen molar-refractivity contribution in [2.45, 2.75) is 46.6 Å². The number of nitrogens with one attached hydrogen (secondary N) is 2. The van der Waals surface area contributed by atoms with Gasteiger partial charge in [0.05, 0.1) is 12.6 Å². The summed E-state index contributed by atoms with van der Waals surface area (Å²) in [7, 11) is 0. The first-order valence-electron chi connectivity index (χ1n) is 8.76. The molecular weight excluding hydrogens is 302 g/mol. The SMILES string of the molecule is Cc1cccc(C)c1NC(=O)CNC(=O)[C@H](C)N1CCC[C@@H](C)C1. The molecule has 2 rings (SSSR count). The summed E-state index contributed by atoms with van der Waals surface area (Å²) in [5, 5.41) is 5.65. The second-order valence-electron chi connectivity index (χ2n) is 6.95. The fourth-order valence-corrected chi connectivity index (χ4v) is 3.25. The molecule has 1 fully saturated rings. The van der Waals surface area contributed by atoms with Crippen molar-refractivity contribution in [3.63, 3.8) is 0 Å². The molecule has 1 saturated heterocycles. The van der Waals surface area contributed by atoms with Gasteiger partial charge in [0.2, 0.25) is 11.8 Å². The van der Waals surface area contributed by atoms with Crippen molar-refractivity contribution in [2.24, 2.45) is 5.92 Å². The van der Waals surface area contributed by atoms with Gasteiger partial charge < -0.3 is 10.6 Å². The Balaban J connectivity index is 1.83. The summed E-state index contributed by atoms with van der Waals surface area (Å²) in [6.07, 6.45) is 2.36. The third-order valence-corrected chi connectivity index (χ3v) is 4.78. The van der Waals surface area contributed by atoms with Crippen molar-refractivity contribution in [3.05, 3.63) is 29.3 Å². The van der Waals surface area contributed by atoms with E-state index in [0.29, 0.717) is 5.92 Å². The summed E-state index contributed by atoms with van der Waals surface area (Å²) in [6, 6.07) is 5.69. The number of carbonyl (C=O) groups excluding carboxylic acids is 2. The quantitative estimate of drug-likeness (QED) is 0.871. The van der Waals surface area contributed by atoms with E-state index in [2.05, 4.69) is 22.5 Å². The molecule has 1 aromatic rings. The van der Waals surface area contributed by atoms with Crippen molar-refractivity contribution in [3.8, 4) is 0 Å². The van der Waals surface area contributed by atoms with Crippen LogP contribution in [0.15, 0.2) is 18.2 Å². The van der Waals surface area contributed by atoms with Crippen LogP contribution in [0.5, 0.6) is 0 Å². The van der Waals surface area contributed by atoms with Crippen LogP contribution < -0.4 is 10.6 Å². The molecule has 1 aromatic carbocycles. The highest BCUT2D eigenvalue weighted by molar-refractivity contribution is 5.96. The summed E-state index contributed by atoms with van der Waals surface area (Å²) in [6.45, 7) is 9.95. The number of carbonyl (C=O) groups is 2. The number of anilines is 1. The molecule has 0 aliphatic carbocycles. The monoisotopic (exact) mass is 331 g/mol. The van der Waals surface area contributed by atoms with Crippen LogP contribution in [0.4, 0.5) is 5.69 Å². The number of rotatable bonds is 5. The van der Waals surface area contributed by atoms with E-state index in [1.807, 2.05) is 39.0 Å². The third-order valence-electron chi connectivity index (χ3n) is 4.78. The van der Waals surface area contributed by atoms with Gasteiger partial charge in [-0.05, 0) is 57.2 Å². The normalized spacial score (nSPS) is 19.6. The maximum Gasteiger partial charge on any atom is 0.243 e. The average molecular weight is 331 g/mol. The zero-order valence-corrected chi connectivity index (χ0v) is 15.2. The molecule has 2 amide bonds. The summed E-state index contributed by atoms with van der Waals surface area (Å²) in [5.74, 6) is 0.349. The smallest absolute Gasteiger partial charge is 0.243 e. The number of piperidine rings is 1. The van der Waals surface area contributed by atoms with Crippen molar-refractivity contribution < 1.29 is 9.59 Å². The van der Waals surface area contributed by atoms with Gasteiger partial charge in [0, 0.05) is 12.2 Å². The second kappa shape index (κ2) is 8.29. The fourth-order valence-electron chi connectivity index (χ4n) is 3.25. The topological polar surface area (TPSA) is 61.4 Å². The van der Waals surface area contributed by atoms with Crippen molar-refractivity contribution in [1.29, 1.82) is 0 Å². The summed E-state index contributed by atoms with van der Waals surface area (Å²) in [4.78, 5) is 26.6. The summed E-state index contributed by atoms with van der Waals surface area (Å²) < 4.78 is 0. The van der Waals surface area contributed by atoms with Crippen LogP contribution in [0.2, 0.25) is 0 Å². The number of amides is 2. The molecule has 2 N–H and O–H groups in total.